The molecule has 2 amide bonds. The first kappa shape index (κ1) is 22.6. The number of nitrogens with zero attached hydrogens (tertiary/aromatic N) is 1. The monoisotopic (exact) mass is 510 g/mol. The second-order valence-electron chi connectivity index (χ2n) is 7.77. The fourth-order valence-corrected chi connectivity index (χ4v) is 5.52. The van der Waals surface area contributed by atoms with Crippen molar-refractivity contribution in [3.05, 3.63) is 105 Å². The first-order chi connectivity index (χ1) is 16.4. The molecule has 0 fully saturated rings. The Balaban J connectivity index is 1.41. The molecular formula is C26H17Cl2FN2O2S. The Morgan fingerprint density at radius 3 is 2.50 bits per heavy atom. The Kier molecular flexibility index (Phi) is 6.13. The normalized spacial score (nSPS) is 12.5. The topological polar surface area (TPSA) is 49.4 Å². The number of thiophene rings is 1. The zero-order valence-corrected chi connectivity index (χ0v) is 20.0. The van der Waals surface area contributed by atoms with Gasteiger partial charge in [0.05, 0.1) is 26.9 Å². The lowest BCUT2D eigenvalue weighted by atomic mass is 10.1. The minimum atomic E-state index is -0.530. The predicted octanol–water partition coefficient (Wildman–Crippen LogP) is 7.32. The van der Waals surface area contributed by atoms with E-state index in [-0.39, 0.29) is 21.5 Å². The van der Waals surface area contributed by atoms with E-state index in [4.69, 9.17) is 23.2 Å². The van der Waals surface area contributed by atoms with Gasteiger partial charge in [-0.05, 0) is 65.9 Å². The molecule has 0 saturated heterocycles. The van der Waals surface area contributed by atoms with E-state index < -0.39 is 11.7 Å². The van der Waals surface area contributed by atoms with E-state index in [9.17, 15) is 14.0 Å². The number of amides is 2. The summed E-state index contributed by atoms with van der Waals surface area (Å²) in [5, 5.41) is 4.97. The molecular weight excluding hydrogens is 494 g/mol. The first-order valence-corrected chi connectivity index (χ1v) is 12.1. The van der Waals surface area contributed by atoms with Gasteiger partial charge in [-0.3, -0.25) is 9.59 Å². The third-order valence-corrected chi connectivity index (χ3v) is 7.28. The van der Waals surface area contributed by atoms with E-state index in [2.05, 4.69) is 16.8 Å². The summed E-state index contributed by atoms with van der Waals surface area (Å²) in [4.78, 5) is 29.0. The molecule has 0 bridgehead atoms. The van der Waals surface area contributed by atoms with Crippen molar-refractivity contribution in [1.82, 2.24) is 0 Å². The molecule has 1 aliphatic rings. The second kappa shape index (κ2) is 9.22. The highest BCUT2D eigenvalue weighted by Gasteiger charge is 2.27. The van der Waals surface area contributed by atoms with Crippen LogP contribution in [-0.2, 0) is 6.42 Å². The number of carbonyl (C=O) groups is 2. The van der Waals surface area contributed by atoms with Crippen LogP contribution in [0.1, 0.15) is 26.3 Å². The molecule has 1 N–H and O–H groups in total. The van der Waals surface area contributed by atoms with Crippen molar-refractivity contribution in [3.63, 3.8) is 0 Å². The predicted molar refractivity (Wildman–Crippen MR) is 136 cm³/mol. The number of fused-ring (bicyclic) bond motifs is 3. The van der Waals surface area contributed by atoms with Crippen molar-refractivity contribution < 1.29 is 14.0 Å². The quantitative estimate of drug-likeness (QED) is 0.314. The summed E-state index contributed by atoms with van der Waals surface area (Å²) >= 11 is 14.1. The number of rotatable bonds is 3. The average molecular weight is 511 g/mol. The van der Waals surface area contributed by atoms with E-state index >= 15 is 0 Å². The maximum Gasteiger partial charge on any atom is 0.259 e. The van der Waals surface area contributed by atoms with Crippen LogP contribution >= 0.6 is 34.5 Å². The van der Waals surface area contributed by atoms with Crippen LogP contribution in [0.3, 0.4) is 0 Å². The number of para-hydroxylation sites is 1. The van der Waals surface area contributed by atoms with Gasteiger partial charge in [-0.1, -0.05) is 41.4 Å². The Labute approximate surface area is 209 Å². The van der Waals surface area contributed by atoms with Gasteiger partial charge < -0.3 is 10.2 Å². The van der Waals surface area contributed by atoms with Crippen molar-refractivity contribution in [2.24, 2.45) is 0 Å². The molecule has 4 aromatic rings. The number of nitrogens with one attached hydrogen (secondary N) is 1. The van der Waals surface area contributed by atoms with Crippen LogP contribution in [0.15, 0.2) is 72.1 Å². The van der Waals surface area contributed by atoms with Gasteiger partial charge in [-0.15, -0.1) is 11.3 Å². The molecule has 3 aromatic carbocycles. The molecule has 4 nitrogen and oxygen atoms in total. The van der Waals surface area contributed by atoms with Crippen LogP contribution in [0.25, 0.3) is 10.4 Å². The standard InChI is InChI=1S/C26H17Cl2FN2O2S/c27-21-13-16(29)5-7-18(21)25(32)30-17-6-8-19(22(28)14-17)26(33)31-11-9-15-10-12-34-24(15)20-3-1-2-4-23(20)31/h1-8,10,12-14H,9,11H2,(H,30,32). The van der Waals surface area contributed by atoms with Crippen LogP contribution in [-0.4, -0.2) is 18.4 Å². The molecule has 1 aromatic heterocycles. The third kappa shape index (κ3) is 4.20. The molecule has 2 heterocycles. The van der Waals surface area contributed by atoms with Crippen LogP contribution in [0.4, 0.5) is 15.8 Å². The highest BCUT2D eigenvalue weighted by Crippen LogP contribution is 2.40. The van der Waals surface area contributed by atoms with E-state index in [1.807, 2.05) is 24.3 Å². The molecule has 0 spiro atoms. The van der Waals surface area contributed by atoms with Crippen molar-refractivity contribution in [3.8, 4) is 10.4 Å². The minimum absolute atomic E-state index is 0.00346. The van der Waals surface area contributed by atoms with Crippen molar-refractivity contribution >= 4 is 57.7 Å². The Morgan fingerprint density at radius 1 is 0.941 bits per heavy atom. The number of hydrogen-bond donors (Lipinski definition) is 1. The van der Waals surface area contributed by atoms with Crippen LogP contribution in [0.2, 0.25) is 10.0 Å². The van der Waals surface area contributed by atoms with E-state index in [1.165, 1.54) is 22.6 Å². The third-order valence-electron chi connectivity index (χ3n) is 5.67. The number of halogens is 3. The summed E-state index contributed by atoms with van der Waals surface area (Å²) in [6.45, 7) is 0.525. The number of hydrogen-bond acceptors (Lipinski definition) is 3. The Bertz CT molecular complexity index is 1440. The molecule has 0 unspecified atom stereocenters. The molecule has 34 heavy (non-hydrogen) atoms. The van der Waals surface area contributed by atoms with Gasteiger partial charge in [-0.25, -0.2) is 4.39 Å². The van der Waals surface area contributed by atoms with Crippen molar-refractivity contribution in [2.45, 2.75) is 6.42 Å². The lowest BCUT2D eigenvalue weighted by Crippen LogP contribution is -2.32. The Hall–Kier alpha value is -3.19. The molecule has 0 radical (unpaired) electrons. The summed E-state index contributed by atoms with van der Waals surface area (Å²) in [5.74, 6) is -1.25. The number of benzene rings is 3. The molecule has 8 heteroatoms. The van der Waals surface area contributed by atoms with Crippen molar-refractivity contribution in [1.29, 1.82) is 0 Å². The van der Waals surface area contributed by atoms with E-state index in [1.54, 1.807) is 28.4 Å². The molecule has 0 atom stereocenters. The maximum atomic E-state index is 13.5. The largest absolute Gasteiger partial charge is 0.322 e. The van der Waals surface area contributed by atoms with Gasteiger partial charge in [-0.2, -0.15) is 0 Å². The lowest BCUT2D eigenvalue weighted by Gasteiger charge is -2.23. The van der Waals surface area contributed by atoms with Crippen LogP contribution in [0.5, 0.6) is 0 Å². The van der Waals surface area contributed by atoms with Gasteiger partial charge in [0.2, 0.25) is 0 Å². The van der Waals surface area contributed by atoms with E-state index in [0.717, 1.165) is 29.8 Å². The summed E-state index contributed by atoms with van der Waals surface area (Å²) in [7, 11) is 0. The Morgan fingerprint density at radius 2 is 1.71 bits per heavy atom. The fourth-order valence-electron chi connectivity index (χ4n) is 4.02. The van der Waals surface area contributed by atoms with E-state index in [0.29, 0.717) is 17.8 Å². The summed E-state index contributed by atoms with van der Waals surface area (Å²) in [6.07, 6.45) is 0.740. The van der Waals surface area contributed by atoms with Crippen molar-refractivity contribution in [2.75, 3.05) is 16.8 Å². The zero-order valence-electron chi connectivity index (χ0n) is 17.6. The highest BCUT2D eigenvalue weighted by atomic mass is 35.5. The molecule has 5 rings (SSSR count). The lowest BCUT2D eigenvalue weighted by molar-refractivity contribution is 0.0986. The molecule has 0 aliphatic carbocycles. The van der Waals surface area contributed by atoms with Gasteiger partial charge in [0, 0.05) is 22.7 Å². The highest BCUT2D eigenvalue weighted by molar-refractivity contribution is 7.13. The smallest absolute Gasteiger partial charge is 0.259 e. The molecule has 0 saturated carbocycles. The minimum Gasteiger partial charge on any atom is -0.322 e. The first-order valence-electron chi connectivity index (χ1n) is 10.5. The SMILES string of the molecule is O=C(Nc1ccc(C(=O)N2CCc3ccsc3-c3ccccc32)c(Cl)c1)c1ccc(F)cc1Cl. The number of carbonyl (C=O) groups excluding carboxylic acids is 2. The summed E-state index contributed by atoms with van der Waals surface area (Å²) in [5.41, 5.74) is 3.94. The molecule has 170 valence electrons. The van der Waals surface area contributed by atoms with Crippen LogP contribution < -0.4 is 10.2 Å². The zero-order chi connectivity index (χ0) is 23.8. The maximum absolute atomic E-state index is 13.5. The van der Waals surface area contributed by atoms with Gasteiger partial charge >= 0.3 is 0 Å². The second-order valence-corrected chi connectivity index (χ2v) is 9.50. The summed E-state index contributed by atoms with van der Waals surface area (Å²) < 4.78 is 13.3. The van der Waals surface area contributed by atoms with Gasteiger partial charge in [0.1, 0.15) is 5.82 Å². The average Bonchev–Trinajstić information content (AvgIpc) is 3.22. The fraction of sp³-hybridized carbons (Fsp3) is 0.0769. The van der Waals surface area contributed by atoms with Gasteiger partial charge in [0.15, 0.2) is 0 Å². The van der Waals surface area contributed by atoms with Gasteiger partial charge in [0.25, 0.3) is 11.8 Å². The molecule has 1 aliphatic heterocycles. The summed E-state index contributed by atoms with van der Waals surface area (Å²) in [6, 6.07) is 18.2. The van der Waals surface area contributed by atoms with Crippen LogP contribution in [0, 0.1) is 5.82 Å². The number of anilines is 2.